The predicted octanol–water partition coefficient (Wildman–Crippen LogP) is 3.06. The second-order valence-corrected chi connectivity index (χ2v) is 6.07. The Morgan fingerprint density at radius 3 is 2.18 bits per heavy atom. The number of para-hydroxylation sites is 1. The minimum Gasteiger partial charge on any atom is -0.389 e. The second kappa shape index (κ2) is 8.76. The number of urea groups is 1. The number of hydrogen-bond acceptors (Lipinski definition) is 3. The summed E-state index contributed by atoms with van der Waals surface area (Å²) in [5.74, 6) is 0.626. The molecule has 1 atom stereocenters. The first-order chi connectivity index (χ1) is 10.4. The van der Waals surface area contributed by atoms with E-state index in [2.05, 4.69) is 38.3 Å². The van der Waals surface area contributed by atoms with Crippen LogP contribution in [0.15, 0.2) is 18.2 Å². The molecule has 0 saturated heterocycles. The number of hydrogen-bond donors (Lipinski definition) is 3. The number of amides is 2. The molecule has 0 radical (unpaired) electrons. The molecule has 3 N–H and O–H groups in total. The van der Waals surface area contributed by atoms with E-state index in [0.717, 1.165) is 16.8 Å². The van der Waals surface area contributed by atoms with Crippen LogP contribution in [0.3, 0.4) is 0 Å². The summed E-state index contributed by atoms with van der Waals surface area (Å²) in [6.07, 6.45) is -0.708. The van der Waals surface area contributed by atoms with E-state index in [1.54, 1.807) is 0 Å². The molecule has 0 aliphatic heterocycles. The van der Waals surface area contributed by atoms with Crippen molar-refractivity contribution in [3.05, 3.63) is 29.3 Å². The molecule has 0 heterocycles. The highest BCUT2D eigenvalue weighted by Gasteiger charge is 2.16. The van der Waals surface area contributed by atoms with Crippen molar-refractivity contribution in [3.8, 4) is 0 Å². The molecule has 5 heteroatoms. The minimum atomic E-state index is -0.708. The molecular formula is C17H28N2O3. The van der Waals surface area contributed by atoms with E-state index in [4.69, 9.17) is 4.74 Å². The van der Waals surface area contributed by atoms with Crippen molar-refractivity contribution in [1.82, 2.24) is 5.32 Å². The monoisotopic (exact) mass is 308 g/mol. The molecular weight excluding hydrogens is 280 g/mol. The fourth-order valence-electron chi connectivity index (χ4n) is 2.31. The van der Waals surface area contributed by atoms with Gasteiger partial charge in [-0.15, -0.1) is 0 Å². The molecule has 1 aromatic rings. The average molecular weight is 308 g/mol. The number of nitrogens with one attached hydrogen (secondary N) is 2. The highest BCUT2D eigenvalue weighted by molar-refractivity contribution is 5.91. The summed E-state index contributed by atoms with van der Waals surface area (Å²) >= 11 is 0. The topological polar surface area (TPSA) is 70.6 Å². The summed E-state index contributed by atoms with van der Waals surface area (Å²) in [4.78, 5) is 12.1. The van der Waals surface area contributed by atoms with Crippen molar-refractivity contribution in [1.29, 1.82) is 0 Å². The van der Waals surface area contributed by atoms with E-state index in [0.29, 0.717) is 11.8 Å². The van der Waals surface area contributed by atoms with Crippen LogP contribution < -0.4 is 10.6 Å². The van der Waals surface area contributed by atoms with Gasteiger partial charge in [-0.2, -0.15) is 0 Å². The highest BCUT2D eigenvalue weighted by atomic mass is 16.5. The SMILES string of the molecule is COCC(O)CNC(=O)Nc1c(C(C)C)cccc1C(C)C. The van der Waals surface area contributed by atoms with Crippen LogP contribution in [0.2, 0.25) is 0 Å². The molecule has 0 aliphatic carbocycles. The number of anilines is 1. The van der Waals surface area contributed by atoms with Gasteiger partial charge in [-0.25, -0.2) is 4.79 Å². The molecule has 0 aromatic heterocycles. The number of ether oxygens (including phenoxy) is 1. The summed E-state index contributed by atoms with van der Waals surface area (Å²) < 4.78 is 4.83. The number of methoxy groups -OCH3 is 1. The standard InChI is InChI=1S/C17H28N2O3/c1-11(2)14-7-6-8-15(12(3)4)16(14)19-17(21)18-9-13(20)10-22-5/h6-8,11-13,20H,9-10H2,1-5H3,(H2,18,19,21). The van der Waals surface area contributed by atoms with Gasteiger partial charge in [-0.3, -0.25) is 0 Å². The fourth-order valence-corrected chi connectivity index (χ4v) is 2.31. The first kappa shape index (κ1) is 18.5. The Balaban J connectivity index is 2.84. The largest absolute Gasteiger partial charge is 0.389 e. The van der Waals surface area contributed by atoms with Crippen molar-refractivity contribution in [2.45, 2.75) is 45.6 Å². The lowest BCUT2D eigenvalue weighted by molar-refractivity contribution is 0.0663. The highest BCUT2D eigenvalue weighted by Crippen LogP contribution is 2.32. The lowest BCUT2D eigenvalue weighted by atomic mass is 9.93. The van der Waals surface area contributed by atoms with Gasteiger partial charge in [0.2, 0.25) is 0 Å². The molecule has 5 nitrogen and oxygen atoms in total. The van der Waals surface area contributed by atoms with Crippen molar-refractivity contribution in [2.75, 3.05) is 25.6 Å². The zero-order valence-corrected chi connectivity index (χ0v) is 14.1. The lowest BCUT2D eigenvalue weighted by Gasteiger charge is -2.20. The molecule has 2 amide bonds. The molecule has 1 aromatic carbocycles. The van der Waals surface area contributed by atoms with Gasteiger partial charge in [0.1, 0.15) is 0 Å². The molecule has 22 heavy (non-hydrogen) atoms. The number of aliphatic hydroxyl groups is 1. The molecule has 0 aliphatic rings. The van der Waals surface area contributed by atoms with Crippen LogP contribution >= 0.6 is 0 Å². The number of rotatable bonds is 7. The van der Waals surface area contributed by atoms with Gasteiger partial charge >= 0.3 is 6.03 Å². The van der Waals surface area contributed by atoms with Gasteiger partial charge < -0.3 is 20.5 Å². The van der Waals surface area contributed by atoms with Gasteiger partial charge in [-0.05, 0) is 23.0 Å². The smallest absolute Gasteiger partial charge is 0.319 e. The zero-order chi connectivity index (χ0) is 16.7. The maximum absolute atomic E-state index is 12.1. The fraction of sp³-hybridized carbons (Fsp3) is 0.588. The lowest BCUT2D eigenvalue weighted by Crippen LogP contribution is -2.37. The van der Waals surface area contributed by atoms with Gasteiger partial charge in [-0.1, -0.05) is 45.9 Å². The molecule has 124 valence electrons. The van der Waals surface area contributed by atoms with Crippen molar-refractivity contribution < 1.29 is 14.6 Å². The molecule has 0 bridgehead atoms. The first-order valence-electron chi connectivity index (χ1n) is 7.71. The Labute approximate surface area is 133 Å². The maximum atomic E-state index is 12.1. The summed E-state index contributed by atoms with van der Waals surface area (Å²) in [6.45, 7) is 8.76. The molecule has 1 unspecified atom stereocenters. The number of carbonyl (C=O) groups is 1. The Morgan fingerprint density at radius 2 is 1.73 bits per heavy atom. The third kappa shape index (κ3) is 5.31. The third-order valence-corrected chi connectivity index (χ3v) is 3.47. The number of aliphatic hydroxyl groups excluding tert-OH is 1. The Morgan fingerprint density at radius 1 is 1.18 bits per heavy atom. The van der Waals surface area contributed by atoms with E-state index in [1.165, 1.54) is 7.11 Å². The molecule has 0 spiro atoms. The van der Waals surface area contributed by atoms with Crippen molar-refractivity contribution in [2.24, 2.45) is 0 Å². The van der Waals surface area contributed by atoms with Crippen LogP contribution in [0.1, 0.15) is 50.7 Å². The van der Waals surface area contributed by atoms with Crippen LogP contribution in [0.4, 0.5) is 10.5 Å². The molecule has 1 rings (SSSR count). The van der Waals surface area contributed by atoms with E-state index >= 15 is 0 Å². The Kier molecular flexibility index (Phi) is 7.35. The normalized spacial score (nSPS) is 12.5. The van der Waals surface area contributed by atoms with Crippen LogP contribution in [0, 0.1) is 0 Å². The number of benzene rings is 1. The molecule has 0 fully saturated rings. The average Bonchev–Trinajstić information content (AvgIpc) is 2.45. The van der Waals surface area contributed by atoms with Gasteiger partial charge in [0.05, 0.1) is 12.7 Å². The maximum Gasteiger partial charge on any atom is 0.319 e. The first-order valence-corrected chi connectivity index (χ1v) is 7.71. The summed E-state index contributed by atoms with van der Waals surface area (Å²) in [5, 5.41) is 15.2. The van der Waals surface area contributed by atoms with Crippen LogP contribution in [0.25, 0.3) is 0 Å². The summed E-state index contributed by atoms with van der Waals surface area (Å²) in [5.41, 5.74) is 3.09. The van der Waals surface area contributed by atoms with Gasteiger partial charge in [0, 0.05) is 19.3 Å². The van der Waals surface area contributed by atoms with Crippen molar-refractivity contribution >= 4 is 11.7 Å². The summed E-state index contributed by atoms with van der Waals surface area (Å²) in [7, 11) is 1.51. The van der Waals surface area contributed by atoms with Crippen molar-refractivity contribution in [3.63, 3.8) is 0 Å². The van der Waals surface area contributed by atoms with Crippen LogP contribution in [-0.4, -0.2) is 37.5 Å². The quantitative estimate of drug-likeness (QED) is 0.725. The van der Waals surface area contributed by atoms with E-state index < -0.39 is 6.10 Å². The van der Waals surface area contributed by atoms with E-state index in [-0.39, 0.29) is 19.2 Å². The van der Waals surface area contributed by atoms with E-state index in [9.17, 15) is 9.90 Å². The molecule has 0 saturated carbocycles. The zero-order valence-electron chi connectivity index (χ0n) is 14.1. The van der Waals surface area contributed by atoms with Gasteiger partial charge in [0.15, 0.2) is 0 Å². The second-order valence-electron chi connectivity index (χ2n) is 6.07. The number of carbonyl (C=O) groups excluding carboxylic acids is 1. The third-order valence-electron chi connectivity index (χ3n) is 3.47. The van der Waals surface area contributed by atoms with Crippen LogP contribution in [-0.2, 0) is 4.74 Å². The Bertz CT molecular complexity index is 461. The van der Waals surface area contributed by atoms with Gasteiger partial charge in [0.25, 0.3) is 0 Å². The summed E-state index contributed by atoms with van der Waals surface area (Å²) in [6, 6.07) is 5.78. The van der Waals surface area contributed by atoms with Crippen LogP contribution in [0.5, 0.6) is 0 Å². The van der Waals surface area contributed by atoms with E-state index in [1.807, 2.05) is 18.2 Å². The predicted molar refractivity (Wildman–Crippen MR) is 89.5 cm³/mol. The minimum absolute atomic E-state index is 0.153. The Hall–Kier alpha value is -1.59.